The Bertz CT molecular complexity index is 1030. The number of alkyl carbamates (subject to hydrolysis) is 1. The molecule has 178 valence electrons. The van der Waals surface area contributed by atoms with Gasteiger partial charge in [0.05, 0.1) is 13.0 Å². The summed E-state index contributed by atoms with van der Waals surface area (Å²) in [7, 11) is 1.87. The fraction of sp³-hybridized carbons (Fsp3) is 0.346. The lowest BCUT2D eigenvalue weighted by atomic mass is 9.98. The van der Waals surface area contributed by atoms with E-state index in [9.17, 15) is 19.5 Å². The van der Waals surface area contributed by atoms with Crippen molar-refractivity contribution in [2.24, 2.45) is 0 Å². The zero-order valence-electron chi connectivity index (χ0n) is 19.1. The maximum Gasteiger partial charge on any atom is 0.407 e. The summed E-state index contributed by atoms with van der Waals surface area (Å²) in [6, 6.07) is 14.6. The van der Waals surface area contributed by atoms with Crippen molar-refractivity contribution in [3.8, 4) is 23.5 Å². The molecule has 2 aromatic carbocycles. The summed E-state index contributed by atoms with van der Waals surface area (Å²) < 4.78 is 5.44. The van der Waals surface area contributed by atoms with Gasteiger partial charge in [-0.15, -0.1) is 6.42 Å². The summed E-state index contributed by atoms with van der Waals surface area (Å²) in [6.07, 6.45) is 4.51. The van der Waals surface area contributed by atoms with Gasteiger partial charge in [0.15, 0.2) is 0 Å². The van der Waals surface area contributed by atoms with Gasteiger partial charge in [-0.2, -0.15) is 0 Å². The van der Waals surface area contributed by atoms with Crippen molar-refractivity contribution in [2.75, 3.05) is 33.3 Å². The van der Waals surface area contributed by atoms with E-state index < -0.39 is 30.4 Å². The molecule has 0 spiro atoms. The minimum atomic E-state index is -1.24. The van der Waals surface area contributed by atoms with Gasteiger partial charge in [-0.1, -0.05) is 54.5 Å². The number of benzene rings is 2. The number of amides is 2. The maximum absolute atomic E-state index is 12.5. The molecule has 1 aliphatic rings. The van der Waals surface area contributed by atoms with Crippen molar-refractivity contribution in [3.05, 3.63) is 59.7 Å². The molecule has 1 aliphatic carbocycles. The number of nitrogens with zero attached hydrogens (tertiary/aromatic N) is 1. The molecule has 8 nitrogen and oxygen atoms in total. The van der Waals surface area contributed by atoms with E-state index in [4.69, 9.17) is 11.2 Å². The number of carboxylic acid groups (broad SMARTS) is 1. The zero-order chi connectivity index (χ0) is 24.5. The first-order valence-corrected chi connectivity index (χ1v) is 11.1. The lowest BCUT2D eigenvalue weighted by Crippen LogP contribution is -2.48. The van der Waals surface area contributed by atoms with Crippen LogP contribution in [0.2, 0.25) is 0 Å². The third-order valence-electron chi connectivity index (χ3n) is 5.71. The Morgan fingerprint density at radius 2 is 1.74 bits per heavy atom. The van der Waals surface area contributed by atoms with Gasteiger partial charge < -0.3 is 20.5 Å². The number of hydrogen-bond acceptors (Lipinski definition) is 5. The lowest BCUT2D eigenvalue weighted by Gasteiger charge is -2.19. The van der Waals surface area contributed by atoms with E-state index in [0.29, 0.717) is 26.1 Å². The Balaban J connectivity index is 1.55. The first-order chi connectivity index (χ1) is 16.4. The van der Waals surface area contributed by atoms with Gasteiger partial charge in [0.1, 0.15) is 12.6 Å². The molecule has 3 N–H and O–H groups in total. The van der Waals surface area contributed by atoms with E-state index in [-0.39, 0.29) is 12.5 Å². The highest BCUT2D eigenvalue weighted by Gasteiger charge is 2.30. The molecule has 3 rings (SSSR count). The molecule has 0 saturated heterocycles. The van der Waals surface area contributed by atoms with Crippen LogP contribution in [0.5, 0.6) is 0 Å². The molecule has 2 amide bonds. The molecule has 1 atom stereocenters. The van der Waals surface area contributed by atoms with Crippen LogP contribution in [0.4, 0.5) is 4.79 Å². The van der Waals surface area contributed by atoms with E-state index in [1.165, 1.54) is 0 Å². The molecular formula is C26H29N3O5. The smallest absolute Gasteiger partial charge is 0.407 e. The maximum atomic E-state index is 12.5. The molecular weight excluding hydrogens is 434 g/mol. The van der Waals surface area contributed by atoms with Gasteiger partial charge >= 0.3 is 12.1 Å². The van der Waals surface area contributed by atoms with E-state index in [2.05, 4.69) is 16.6 Å². The minimum absolute atomic E-state index is 0.0722. The Labute approximate surface area is 199 Å². The third-order valence-corrected chi connectivity index (χ3v) is 5.71. The molecule has 0 bridgehead atoms. The average Bonchev–Trinajstić information content (AvgIpc) is 3.13. The van der Waals surface area contributed by atoms with Gasteiger partial charge in [-0.3, -0.25) is 14.5 Å². The van der Waals surface area contributed by atoms with E-state index in [0.717, 1.165) is 22.3 Å². The Hall–Kier alpha value is -3.83. The molecule has 0 aromatic heterocycles. The Kier molecular flexibility index (Phi) is 8.66. The second kappa shape index (κ2) is 11.9. The van der Waals surface area contributed by atoms with Crippen LogP contribution in [-0.4, -0.2) is 67.3 Å². The topological polar surface area (TPSA) is 108 Å². The highest BCUT2D eigenvalue weighted by Crippen LogP contribution is 2.44. The third kappa shape index (κ3) is 6.36. The number of fused-ring (bicyclic) bond motifs is 3. The van der Waals surface area contributed by atoms with Crippen LogP contribution in [0.25, 0.3) is 11.1 Å². The average molecular weight is 464 g/mol. The van der Waals surface area contributed by atoms with E-state index in [1.807, 2.05) is 60.5 Å². The summed E-state index contributed by atoms with van der Waals surface area (Å²) in [4.78, 5) is 38.1. The molecule has 34 heavy (non-hydrogen) atoms. The van der Waals surface area contributed by atoms with Crippen LogP contribution < -0.4 is 10.6 Å². The number of carbonyl (C=O) groups is 3. The van der Waals surface area contributed by atoms with Crippen LogP contribution in [0.3, 0.4) is 0 Å². The Morgan fingerprint density at radius 1 is 1.12 bits per heavy atom. The van der Waals surface area contributed by atoms with Crippen molar-refractivity contribution < 1.29 is 24.2 Å². The summed E-state index contributed by atoms with van der Waals surface area (Å²) in [5.41, 5.74) is 4.32. The van der Waals surface area contributed by atoms with Crippen LogP contribution in [-0.2, 0) is 14.3 Å². The number of ether oxygens (including phenoxy) is 1. The number of carbonyl (C=O) groups excluding carboxylic acids is 2. The number of nitrogens with one attached hydrogen (secondary N) is 2. The van der Waals surface area contributed by atoms with E-state index >= 15 is 0 Å². The summed E-state index contributed by atoms with van der Waals surface area (Å²) in [6.45, 7) is 1.58. The predicted octanol–water partition coefficient (Wildman–Crippen LogP) is 2.44. The first kappa shape index (κ1) is 24.8. The Morgan fingerprint density at radius 3 is 2.32 bits per heavy atom. The van der Waals surface area contributed by atoms with Gasteiger partial charge in [-0.05, 0) is 35.7 Å². The SMILES string of the molecule is C#CCN(C)CCCNC(=O)C(CC(=O)O)NC(=O)OCC1c2ccccc2-c2ccccc21. The molecule has 8 heteroatoms. The number of hydrogen-bond donors (Lipinski definition) is 3. The molecule has 0 aliphatic heterocycles. The predicted molar refractivity (Wildman–Crippen MR) is 128 cm³/mol. The van der Waals surface area contributed by atoms with Crippen LogP contribution >= 0.6 is 0 Å². The number of terminal acetylenes is 1. The zero-order valence-corrected chi connectivity index (χ0v) is 19.1. The number of carboxylic acids is 1. The highest BCUT2D eigenvalue weighted by atomic mass is 16.5. The van der Waals surface area contributed by atoms with Gasteiger partial charge in [0.2, 0.25) is 5.91 Å². The molecule has 0 fully saturated rings. The highest BCUT2D eigenvalue weighted by molar-refractivity contribution is 5.89. The number of rotatable bonds is 11. The fourth-order valence-corrected chi connectivity index (χ4v) is 4.08. The van der Waals surface area contributed by atoms with Crippen LogP contribution in [0.15, 0.2) is 48.5 Å². The second-order valence-corrected chi connectivity index (χ2v) is 8.21. The van der Waals surface area contributed by atoms with Crippen molar-refractivity contribution in [3.63, 3.8) is 0 Å². The van der Waals surface area contributed by atoms with Crippen LogP contribution in [0, 0.1) is 12.3 Å². The molecule has 1 unspecified atom stereocenters. The van der Waals surface area contributed by atoms with Gasteiger partial charge in [0, 0.05) is 19.0 Å². The number of aliphatic carboxylic acids is 1. The standard InChI is InChI=1S/C26H29N3O5/c1-3-14-29(2)15-8-13-27-25(32)23(16-24(30)31)28-26(33)34-17-22-20-11-6-4-9-18(20)19-10-5-7-12-21(19)22/h1,4-7,9-12,22-23H,8,13-17H2,2H3,(H,27,32)(H,28,33)(H,30,31). The van der Waals surface area contributed by atoms with Crippen molar-refractivity contribution in [1.82, 2.24) is 15.5 Å². The largest absolute Gasteiger partial charge is 0.481 e. The quantitative estimate of drug-likeness (QED) is 0.349. The van der Waals surface area contributed by atoms with Crippen LogP contribution in [0.1, 0.15) is 29.9 Å². The fourth-order valence-electron chi connectivity index (χ4n) is 4.08. The monoisotopic (exact) mass is 463 g/mol. The molecule has 0 saturated carbocycles. The summed E-state index contributed by atoms with van der Waals surface area (Å²) >= 11 is 0. The van der Waals surface area contributed by atoms with Crippen molar-refractivity contribution in [1.29, 1.82) is 0 Å². The second-order valence-electron chi connectivity index (χ2n) is 8.21. The van der Waals surface area contributed by atoms with Gasteiger partial charge in [0.25, 0.3) is 0 Å². The lowest BCUT2D eigenvalue weighted by molar-refractivity contribution is -0.139. The van der Waals surface area contributed by atoms with E-state index in [1.54, 1.807) is 0 Å². The molecule has 2 aromatic rings. The molecule has 0 radical (unpaired) electrons. The summed E-state index contributed by atoms with van der Waals surface area (Å²) in [5.74, 6) is 0.625. The van der Waals surface area contributed by atoms with Gasteiger partial charge in [-0.25, -0.2) is 4.79 Å². The minimum Gasteiger partial charge on any atom is -0.481 e. The first-order valence-electron chi connectivity index (χ1n) is 11.1. The van der Waals surface area contributed by atoms with Crippen molar-refractivity contribution in [2.45, 2.75) is 24.8 Å². The van der Waals surface area contributed by atoms with Crippen molar-refractivity contribution >= 4 is 18.0 Å². The normalized spacial score (nSPS) is 12.9. The summed E-state index contributed by atoms with van der Waals surface area (Å²) in [5, 5.41) is 14.2. The molecule has 0 heterocycles.